The van der Waals surface area contributed by atoms with E-state index in [1.165, 1.54) is 13.4 Å². The first-order chi connectivity index (χ1) is 19.0. The van der Waals surface area contributed by atoms with E-state index in [-0.39, 0.29) is 11.8 Å². The van der Waals surface area contributed by atoms with Crippen LogP contribution < -0.4 is 19.6 Å². The average Bonchev–Trinajstić information content (AvgIpc) is 2.99. The molecule has 0 aliphatic heterocycles. The predicted molar refractivity (Wildman–Crippen MR) is 150 cm³/mol. The van der Waals surface area contributed by atoms with Crippen LogP contribution in [0.3, 0.4) is 0 Å². The second-order valence-corrected chi connectivity index (χ2v) is 9.00. The molecule has 5 rings (SSSR count). The summed E-state index contributed by atoms with van der Waals surface area (Å²) in [5, 5.41) is 2.18. The van der Waals surface area contributed by atoms with E-state index in [2.05, 4.69) is 0 Å². The highest BCUT2D eigenvalue weighted by molar-refractivity contribution is 5.94. The smallest absolute Gasteiger partial charge is 0.306 e. The second kappa shape index (κ2) is 10.9. The molecule has 1 unspecified atom stereocenters. The Bertz CT molecular complexity index is 1720. The van der Waals surface area contributed by atoms with Gasteiger partial charge >= 0.3 is 5.97 Å². The third kappa shape index (κ3) is 4.68. The van der Waals surface area contributed by atoms with Gasteiger partial charge in [-0.05, 0) is 46.8 Å². The quantitative estimate of drug-likeness (QED) is 0.219. The fourth-order valence-corrected chi connectivity index (χ4v) is 5.08. The van der Waals surface area contributed by atoms with Crippen molar-refractivity contribution in [3.8, 4) is 28.4 Å². The summed E-state index contributed by atoms with van der Waals surface area (Å²) in [6.07, 6.45) is 1.46. The van der Waals surface area contributed by atoms with E-state index < -0.39 is 11.9 Å². The van der Waals surface area contributed by atoms with Crippen molar-refractivity contribution in [2.75, 3.05) is 28.4 Å². The highest BCUT2D eigenvalue weighted by Crippen LogP contribution is 2.43. The van der Waals surface area contributed by atoms with Crippen molar-refractivity contribution in [1.29, 1.82) is 0 Å². The summed E-state index contributed by atoms with van der Waals surface area (Å²) in [4.78, 5) is 26.5. The van der Waals surface area contributed by atoms with Crippen LogP contribution in [0.4, 0.5) is 0 Å². The van der Waals surface area contributed by atoms with Crippen LogP contribution in [-0.2, 0) is 9.53 Å². The molecule has 0 saturated heterocycles. The maximum absolute atomic E-state index is 13.7. The Morgan fingerprint density at radius 1 is 0.769 bits per heavy atom. The van der Waals surface area contributed by atoms with Gasteiger partial charge in [0.15, 0.2) is 0 Å². The van der Waals surface area contributed by atoms with E-state index in [4.69, 9.17) is 23.4 Å². The van der Waals surface area contributed by atoms with Crippen molar-refractivity contribution >= 4 is 27.7 Å². The molecular formula is C32H28O7. The molecule has 0 saturated carbocycles. The Labute approximate surface area is 225 Å². The van der Waals surface area contributed by atoms with Gasteiger partial charge in [-0.15, -0.1) is 0 Å². The summed E-state index contributed by atoms with van der Waals surface area (Å²) in [7, 11) is 6.12. The molecule has 5 aromatic rings. The molecule has 0 aliphatic rings. The third-order valence-corrected chi connectivity index (χ3v) is 7.02. The minimum absolute atomic E-state index is 0.00619. The molecule has 0 bridgehead atoms. The summed E-state index contributed by atoms with van der Waals surface area (Å²) in [5.41, 5.74) is 2.72. The Hall–Kier alpha value is -4.78. The lowest BCUT2D eigenvalue weighted by Crippen LogP contribution is -2.14. The highest BCUT2D eigenvalue weighted by atomic mass is 16.5. The zero-order valence-electron chi connectivity index (χ0n) is 22.1. The van der Waals surface area contributed by atoms with Crippen molar-refractivity contribution in [2.45, 2.75) is 12.3 Å². The van der Waals surface area contributed by atoms with Gasteiger partial charge in [0.25, 0.3) is 0 Å². The standard InChI is InChI=1S/C32H28O7/c1-35-20-11-9-19(10-12-20)26-18-39-32-24(31(26)34)14-16-28(37-3)30(32)25(17-29(33)38-4)22-13-15-27(36-2)23-8-6-5-7-21(22)23/h5-16,18,25H,17H2,1-4H3. The second-order valence-electron chi connectivity index (χ2n) is 9.00. The highest BCUT2D eigenvalue weighted by Gasteiger charge is 2.29. The van der Waals surface area contributed by atoms with Crippen molar-refractivity contribution < 1.29 is 28.2 Å². The van der Waals surface area contributed by atoms with E-state index in [1.54, 1.807) is 45.6 Å². The lowest BCUT2D eigenvalue weighted by molar-refractivity contribution is -0.140. The zero-order valence-corrected chi connectivity index (χ0v) is 22.1. The van der Waals surface area contributed by atoms with E-state index in [0.29, 0.717) is 44.9 Å². The lowest BCUT2D eigenvalue weighted by Gasteiger charge is -2.23. The Morgan fingerprint density at radius 3 is 2.13 bits per heavy atom. The van der Waals surface area contributed by atoms with Gasteiger partial charge in [0.1, 0.15) is 29.1 Å². The summed E-state index contributed by atoms with van der Waals surface area (Å²) in [6, 6.07) is 22.2. The predicted octanol–water partition coefficient (Wildman–Crippen LogP) is 6.33. The van der Waals surface area contributed by atoms with Crippen LogP contribution in [0.25, 0.3) is 32.9 Å². The number of hydrogen-bond acceptors (Lipinski definition) is 7. The van der Waals surface area contributed by atoms with Crippen LogP contribution in [0.1, 0.15) is 23.5 Å². The first-order valence-electron chi connectivity index (χ1n) is 12.4. The van der Waals surface area contributed by atoms with E-state index in [1.807, 2.05) is 48.5 Å². The molecule has 1 aromatic heterocycles. The maximum Gasteiger partial charge on any atom is 0.306 e. The summed E-state index contributed by atoms with van der Waals surface area (Å²) in [5.74, 6) is 0.953. The normalized spacial score (nSPS) is 11.8. The summed E-state index contributed by atoms with van der Waals surface area (Å²) >= 11 is 0. The number of carbonyl (C=O) groups is 1. The molecule has 0 fully saturated rings. The largest absolute Gasteiger partial charge is 0.497 e. The van der Waals surface area contributed by atoms with Crippen molar-refractivity contribution in [3.05, 3.63) is 100 Å². The molecule has 1 heterocycles. The molecule has 0 aliphatic carbocycles. The van der Waals surface area contributed by atoms with Gasteiger partial charge in [0, 0.05) is 16.9 Å². The van der Waals surface area contributed by atoms with E-state index >= 15 is 0 Å². The minimum atomic E-state index is -0.540. The number of methoxy groups -OCH3 is 4. The molecule has 0 radical (unpaired) electrons. The lowest BCUT2D eigenvalue weighted by atomic mass is 9.83. The maximum atomic E-state index is 13.7. The van der Waals surface area contributed by atoms with Gasteiger partial charge in [-0.2, -0.15) is 0 Å². The fourth-order valence-electron chi connectivity index (χ4n) is 5.08. The monoisotopic (exact) mass is 524 g/mol. The molecule has 4 aromatic carbocycles. The first kappa shape index (κ1) is 25.9. The molecule has 198 valence electrons. The van der Waals surface area contributed by atoms with Crippen LogP contribution in [0.2, 0.25) is 0 Å². The molecule has 0 amide bonds. The molecule has 0 spiro atoms. The van der Waals surface area contributed by atoms with Gasteiger partial charge in [-0.25, -0.2) is 0 Å². The number of benzene rings is 4. The first-order valence-corrected chi connectivity index (χ1v) is 12.4. The molecular weight excluding hydrogens is 496 g/mol. The van der Waals surface area contributed by atoms with Crippen molar-refractivity contribution in [3.63, 3.8) is 0 Å². The van der Waals surface area contributed by atoms with Crippen LogP contribution in [0.5, 0.6) is 17.2 Å². The zero-order chi connectivity index (χ0) is 27.5. The van der Waals surface area contributed by atoms with Gasteiger partial charge in [0.05, 0.1) is 45.8 Å². The number of hydrogen-bond donors (Lipinski definition) is 0. The SMILES string of the molecule is COC(=O)CC(c1ccc(OC)c2ccccc12)c1c(OC)ccc2c(=O)c(-c3ccc(OC)cc3)coc12. The van der Waals surface area contributed by atoms with Gasteiger partial charge in [-0.3, -0.25) is 9.59 Å². The van der Waals surface area contributed by atoms with Crippen LogP contribution in [-0.4, -0.2) is 34.4 Å². The molecule has 1 atom stereocenters. The molecule has 7 nitrogen and oxygen atoms in total. The number of ether oxygens (including phenoxy) is 4. The van der Waals surface area contributed by atoms with Crippen LogP contribution >= 0.6 is 0 Å². The Morgan fingerprint density at radius 2 is 1.46 bits per heavy atom. The topological polar surface area (TPSA) is 84.2 Å². The van der Waals surface area contributed by atoms with E-state index in [0.717, 1.165) is 16.3 Å². The Kier molecular flexibility index (Phi) is 7.23. The molecule has 0 N–H and O–H groups in total. The van der Waals surface area contributed by atoms with Gasteiger partial charge < -0.3 is 23.4 Å². The van der Waals surface area contributed by atoms with Gasteiger partial charge in [0.2, 0.25) is 5.43 Å². The van der Waals surface area contributed by atoms with Crippen LogP contribution in [0, 0.1) is 0 Å². The molecule has 7 heteroatoms. The van der Waals surface area contributed by atoms with Gasteiger partial charge in [-0.1, -0.05) is 42.5 Å². The molecule has 39 heavy (non-hydrogen) atoms. The van der Waals surface area contributed by atoms with E-state index in [9.17, 15) is 9.59 Å². The fraction of sp³-hybridized carbons (Fsp3) is 0.188. The Balaban J connectivity index is 1.78. The average molecular weight is 525 g/mol. The summed E-state index contributed by atoms with van der Waals surface area (Å²) < 4.78 is 27.9. The number of fused-ring (bicyclic) bond motifs is 2. The minimum Gasteiger partial charge on any atom is -0.497 e. The summed E-state index contributed by atoms with van der Waals surface area (Å²) in [6.45, 7) is 0. The van der Waals surface area contributed by atoms with Crippen molar-refractivity contribution in [2.24, 2.45) is 0 Å². The van der Waals surface area contributed by atoms with Crippen LogP contribution in [0.15, 0.2) is 88.3 Å². The number of carbonyl (C=O) groups excluding carboxylic acids is 1. The third-order valence-electron chi connectivity index (χ3n) is 7.02. The number of rotatable bonds is 8. The van der Waals surface area contributed by atoms with Crippen molar-refractivity contribution in [1.82, 2.24) is 0 Å². The number of esters is 1.